The summed E-state index contributed by atoms with van der Waals surface area (Å²) in [5.74, 6) is -1.23. The van der Waals surface area contributed by atoms with E-state index in [1.165, 1.54) is 0 Å². The minimum atomic E-state index is -0.735. The maximum Gasteiger partial charge on any atom is 0.255 e. The molecule has 1 unspecified atom stereocenters. The molecule has 4 aromatic carbocycles. The van der Waals surface area contributed by atoms with Crippen LogP contribution in [0.5, 0.6) is 0 Å². The zero-order valence-corrected chi connectivity index (χ0v) is 18.6. The van der Waals surface area contributed by atoms with Crippen LogP contribution in [0.15, 0.2) is 98.1 Å². The minimum Gasteiger partial charge on any atom is -0.354 e. The van der Waals surface area contributed by atoms with E-state index < -0.39 is 11.8 Å². The summed E-state index contributed by atoms with van der Waals surface area (Å²) in [6.07, 6.45) is 3.61. The quantitative estimate of drug-likeness (QED) is 0.197. The fourth-order valence-electron chi connectivity index (χ4n) is 4.84. The molecule has 0 saturated heterocycles. The van der Waals surface area contributed by atoms with E-state index >= 15 is 0 Å². The molecular formula is C30H24N2O2. The van der Waals surface area contributed by atoms with Crippen molar-refractivity contribution in [2.45, 2.75) is 5.92 Å². The van der Waals surface area contributed by atoms with Gasteiger partial charge in [-0.05, 0) is 22.1 Å². The molecule has 0 spiro atoms. The number of nitrogens with one attached hydrogen (secondary N) is 2. The maximum absolute atomic E-state index is 13.2. The number of carbonyl (C=O) groups is 1. The molecule has 1 aromatic heterocycles. The molecule has 5 aromatic rings. The van der Waals surface area contributed by atoms with Crippen LogP contribution >= 0.6 is 0 Å². The highest BCUT2D eigenvalue weighted by molar-refractivity contribution is 6.11. The molecule has 0 aliphatic heterocycles. The summed E-state index contributed by atoms with van der Waals surface area (Å²) >= 11 is 0. The zero-order chi connectivity index (χ0) is 23.7. The number of fused-ring (bicyclic) bond motifs is 3. The number of carbonyl (C=O) groups excluding carboxylic acids is 1. The summed E-state index contributed by atoms with van der Waals surface area (Å²) in [5.41, 5.74) is 8.00. The van der Waals surface area contributed by atoms with Gasteiger partial charge in [-0.3, -0.25) is 10.0 Å². The number of rotatable bonds is 6. The van der Waals surface area contributed by atoms with Crippen molar-refractivity contribution in [3.63, 3.8) is 0 Å². The predicted molar refractivity (Wildman–Crippen MR) is 140 cm³/mol. The molecule has 4 nitrogen and oxygen atoms in total. The Bertz CT molecular complexity index is 1550. The minimum absolute atomic E-state index is 0.499. The van der Waals surface area contributed by atoms with Gasteiger partial charge in [0, 0.05) is 21.9 Å². The van der Waals surface area contributed by atoms with Crippen molar-refractivity contribution in [2.75, 3.05) is 0 Å². The monoisotopic (exact) mass is 444 g/mol. The number of benzene rings is 4. The number of H-pyrrole nitrogens is 1. The first-order valence-electron chi connectivity index (χ1n) is 11.1. The van der Waals surface area contributed by atoms with E-state index in [4.69, 9.17) is 0 Å². The SMILES string of the molecule is C=Cc1cccc(-c2[nH]c3c(ccc4ccccc43)c2C(C(=O)NO)c2ccccc2)c1C=C. The Morgan fingerprint density at radius 2 is 1.62 bits per heavy atom. The Labute approximate surface area is 197 Å². The lowest BCUT2D eigenvalue weighted by atomic mass is 9.85. The van der Waals surface area contributed by atoms with Gasteiger partial charge in [0.2, 0.25) is 0 Å². The molecule has 166 valence electrons. The summed E-state index contributed by atoms with van der Waals surface area (Å²) in [6.45, 7) is 7.98. The van der Waals surface area contributed by atoms with Crippen molar-refractivity contribution in [1.29, 1.82) is 0 Å². The molecule has 0 bridgehead atoms. The Hall–Kier alpha value is -4.41. The second-order valence-corrected chi connectivity index (χ2v) is 8.16. The van der Waals surface area contributed by atoms with Crippen LogP contribution in [0.1, 0.15) is 28.2 Å². The highest BCUT2D eigenvalue weighted by atomic mass is 16.5. The first-order valence-corrected chi connectivity index (χ1v) is 11.1. The van der Waals surface area contributed by atoms with Crippen LogP contribution in [0.4, 0.5) is 0 Å². The first kappa shape index (κ1) is 21.4. The van der Waals surface area contributed by atoms with Gasteiger partial charge in [-0.1, -0.05) is 110 Å². The van der Waals surface area contributed by atoms with E-state index in [1.54, 1.807) is 6.08 Å². The first-order chi connectivity index (χ1) is 16.7. The van der Waals surface area contributed by atoms with Crippen molar-refractivity contribution in [2.24, 2.45) is 0 Å². The number of hydrogen-bond donors (Lipinski definition) is 3. The van der Waals surface area contributed by atoms with Gasteiger partial charge in [-0.15, -0.1) is 0 Å². The van der Waals surface area contributed by atoms with E-state index in [1.807, 2.05) is 78.3 Å². The number of hydrogen-bond acceptors (Lipinski definition) is 2. The van der Waals surface area contributed by atoms with Crippen molar-refractivity contribution >= 4 is 39.7 Å². The van der Waals surface area contributed by atoms with Crippen LogP contribution in [0.3, 0.4) is 0 Å². The topological polar surface area (TPSA) is 65.1 Å². The summed E-state index contributed by atoms with van der Waals surface area (Å²) < 4.78 is 0. The molecule has 5 rings (SSSR count). The van der Waals surface area contributed by atoms with Gasteiger partial charge in [-0.2, -0.15) is 0 Å². The molecule has 0 aliphatic carbocycles. The molecule has 0 aliphatic rings. The van der Waals surface area contributed by atoms with Crippen molar-refractivity contribution < 1.29 is 10.0 Å². The van der Waals surface area contributed by atoms with Crippen LogP contribution in [0.2, 0.25) is 0 Å². The Kier molecular flexibility index (Phi) is 5.58. The van der Waals surface area contributed by atoms with E-state index in [9.17, 15) is 10.0 Å². The Morgan fingerprint density at radius 1 is 0.853 bits per heavy atom. The number of aromatic nitrogens is 1. The third kappa shape index (κ3) is 3.41. The third-order valence-electron chi connectivity index (χ3n) is 6.37. The van der Waals surface area contributed by atoms with E-state index in [0.717, 1.165) is 55.2 Å². The van der Waals surface area contributed by atoms with Crippen LogP contribution in [-0.2, 0) is 4.79 Å². The molecule has 1 atom stereocenters. The molecule has 0 radical (unpaired) electrons. The summed E-state index contributed by atoms with van der Waals surface area (Å²) in [4.78, 5) is 16.8. The second-order valence-electron chi connectivity index (χ2n) is 8.16. The second kappa shape index (κ2) is 8.85. The molecule has 3 N–H and O–H groups in total. The van der Waals surface area contributed by atoms with Gasteiger partial charge in [-0.25, -0.2) is 5.48 Å². The van der Waals surface area contributed by atoms with E-state index in [2.05, 4.69) is 36.3 Å². The van der Waals surface area contributed by atoms with Gasteiger partial charge in [0.1, 0.15) is 0 Å². The van der Waals surface area contributed by atoms with Crippen molar-refractivity contribution in [3.8, 4) is 11.3 Å². The van der Waals surface area contributed by atoms with Gasteiger partial charge in [0.15, 0.2) is 0 Å². The average Bonchev–Trinajstić information content (AvgIpc) is 3.28. The summed E-state index contributed by atoms with van der Waals surface area (Å²) in [7, 11) is 0. The molecule has 1 heterocycles. The molecule has 34 heavy (non-hydrogen) atoms. The average molecular weight is 445 g/mol. The lowest BCUT2D eigenvalue weighted by Gasteiger charge is -2.19. The predicted octanol–water partition coefficient (Wildman–Crippen LogP) is 6.91. The van der Waals surface area contributed by atoms with Crippen LogP contribution in [-0.4, -0.2) is 16.1 Å². The molecular weight excluding hydrogens is 420 g/mol. The summed E-state index contributed by atoms with van der Waals surface area (Å²) in [6, 6.07) is 27.7. The van der Waals surface area contributed by atoms with Crippen LogP contribution in [0.25, 0.3) is 45.1 Å². The number of aromatic amines is 1. The normalized spacial score (nSPS) is 11.9. The molecule has 1 amide bonds. The van der Waals surface area contributed by atoms with Crippen LogP contribution < -0.4 is 5.48 Å². The highest BCUT2D eigenvalue weighted by Gasteiger charge is 2.30. The Morgan fingerprint density at radius 3 is 2.35 bits per heavy atom. The standard InChI is InChI=1S/C30H24N2O2/c1-3-19-14-10-16-24(22(19)4-2)29-27(26(30(33)32-34)21-12-6-5-7-13-21)25-18-17-20-11-8-9-15-23(20)28(25)31-29/h3-18,26,31,34H,1-2H2,(H,32,33). The largest absolute Gasteiger partial charge is 0.354 e. The lowest BCUT2D eigenvalue weighted by Crippen LogP contribution is -2.27. The van der Waals surface area contributed by atoms with Crippen LogP contribution in [0, 0.1) is 0 Å². The fourth-order valence-corrected chi connectivity index (χ4v) is 4.84. The van der Waals surface area contributed by atoms with Gasteiger partial charge >= 0.3 is 0 Å². The van der Waals surface area contributed by atoms with Gasteiger partial charge in [0.05, 0.1) is 17.1 Å². The van der Waals surface area contributed by atoms with Gasteiger partial charge in [0.25, 0.3) is 5.91 Å². The molecule has 4 heteroatoms. The van der Waals surface area contributed by atoms with Gasteiger partial charge < -0.3 is 4.98 Å². The third-order valence-corrected chi connectivity index (χ3v) is 6.37. The fraction of sp³-hybridized carbons (Fsp3) is 0.0333. The summed E-state index contributed by atoms with van der Waals surface area (Å²) in [5, 5.41) is 12.8. The Balaban J connectivity index is 1.94. The smallest absolute Gasteiger partial charge is 0.255 e. The van der Waals surface area contributed by atoms with E-state index in [0.29, 0.717) is 0 Å². The maximum atomic E-state index is 13.2. The van der Waals surface area contributed by atoms with Crippen molar-refractivity contribution in [3.05, 3.63) is 120 Å². The molecule has 0 saturated carbocycles. The number of hydroxylamine groups is 1. The van der Waals surface area contributed by atoms with E-state index in [-0.39, 0.29) is 0 Å². The highest BCUT2D eigenvalue weighted by Crippen LogP contribution is 2.42. The number of amides is 1. The molecule has 0 fully saturated rings. The zero-order valence-electron chi connectivity index (χ0n) is 18.6. The van der Waals surface area contributed by atoms with Crippen molar-refractivity contribution in [1.82, 2.24) is 10.5 Å². The lowest BCUT2D eigenvalue weighted by molar-refractivity contribution is -0.129.